The van der Waals surface area contributed by atoms with Gasteiger partial charge in [0.1, 0.15) is 19.3 Å². The van der Waals surface area contributed by atoms with Crippen LogP contribution in [0, 0.1) is 23.7 Å². The molecule has 5 atom stereocenters. The van der Waals surface area contributed by atoms with E-state index in [1.165, 1.54) is 148 Å². The molecule has 0 heterocycles. The second-order valence-corrected chi connectivity index (χ2v) is 30.8. The number of carbonyl (C=O) groups excluding carboxylic acids is 4. The van der Waals surface area contributed by atoms with Crippen molar-refractivity contribution < 1.29 is 80.2 Å². The molecule has 0 aromatic rings. The van der Waals surface area contributed by atoms with E-state index in [0.717, 1.165) is 115 Å². The minimum Gasteiger partial charge on any atom is -0.462 e. The van der Waals surface area contributed by atoms with E-state index < -0.39 is 97.5 Å². The lowest BCUT2D eigenvalue weighted by Crippen LogP contribution is -2.30. The van der Waals surface area contributed by atoms with Crippen molar-refractivity contribution in [1.29, 1.82) is 0 Å². The van der Waals surface area contributed by atoms with Crippen LogP contribution in [0.4, 0.5) is 0 Å². The zero-order valence-corrected chi connectivity index (χ0v) is 61.3. The predicted molar refractivity (Wildman–Crippen MR) is 367 cm³/mol. The number of unbranched alkanes of at least 4 members (excludes halogenated alkanes) is 35. The van der Waals surface area contributed by atoms with Crippen molar-refractivity contribution >= 4 is 39.5 Å². The lowest BCUT2D eigenvalue weighted by Gasteiger charge is -2.21. The minimum atomic E-state index is -4.95. The third kappa shape index (κ3) is 66.5. The van der Waals surface area contributed by atoms with Crippen LogP contribution in [0.2, 0.25) is 0 Å². The van der Waals surface area contributed by atoms with Crippen molar-refractivity contribution in [2.24, 2.45) is 23.7 Å². The number of aliphatic hydroxyl groups excluding tert-OH is 1. The highest BCUT2D eigenvalue weighted by Gasteiger charge is 2.30. The molecule has 0 amide bonds. The Bertz CT molecular complexity index is 1800. The molecule has 0 bridgehead atoms. The molecule has 91 heavy (non-hydrogen) atoms. The molecule has 19 heteroatoms. The van der Waals surface area contributed by atoms with Crippen LogP contribution in [-0.4, -0.2) is 96.7 Å². The SMILES string of the molecule is CC(C)CCCCCCCCCCCCCCCCCCCCC(=O)O[C@H](COC(=O)CCCCCCCCCC(C)C)COP(=O)(O)OCC(O)COP(=O)(O)OC[C@@H](COC(=O)CCCCCCCCC(C)C)OC(=O)CCCCCCCCCCC(C)C. The lowest BCUT2D eigenvalue weighted by molar-refractivity contribution is -0.161. The zero-order chi connectivity index (χ0) is 67.5. The van der Waals surface area contributed by atoms with E-state index in [0.29, 0.717) is 37.5 Å². The van der Waals surface area contributed by atoms with Crippen LogP contribution in [0.5, 0.6) is 0 Å². The monoisotopic (exact) mass is 1340 g/mol. The molecule has 0 aromatic heterocycles. The van der Waals surface area contributed by atoms with Crippen molar-refractivity contribution in [2.75, 3.05) is 39.6 Å². The fourth-order valence-electron chi connectivity index (χ4n) is 10.8. The third-order valence-corrected chi connectivity index (χ3v) is 18.5. The Balaban J connectivity index is 5.16. The first-order chi connectivity index (χ1) is 43.6. The number of hydrogen-bond acceptors (Lipinski definition) is 15. The number of phosphoric acid groups is 2. The highest BCUT2D eigenvalue weighted by molar-refractivity contribution is 7.47. The van der Waals surface area contributed by atoms with Gasteiger partial charge in [0.05, 0.1) is 26.4 Å². The highest BCUT2D eigenvalue weighted by atomic mass is 31.2. The van der Waals surface area contributed by atoms with Crippen molar-refractivity contribution in [3.05, 3.63) is 0 Å². The lowest BCUT2D eigenvalue weighted by atomic mass is 10.0. The van der Waals surface area contributed by atoms with Gasteiger partial charge < -0.3 is 33.8 Å². The molecule has 0 radical (unpaired) electrons. The summed E-state index contributed by atoms with van der Waals surface area (Å²) in [4.78, 5) is 72.5. The Kier molecular flexibility index (Phi) is 60.3. The Hall–Kier alpha value is -1.94. The molecule has 0 fully saturated rings. The van der Waals surface area contributed by atoms with Crippen LogP contribution < -0.4 is 0 Å². The van der Waals surface area contributed by atoms with Gasteiger partial charge in [-0.15, -0.1) is 0 Å². The second kappa shape index (κ2) is 61.6. The fraction of sp³-hybridized carbons (Fsp3) is 0.944. The van der Waals surface area contributed by atoms with Gasteiger partial charge in [0.25, 0.3) is 0 Å². The Morgan fingerprint density at radius 3 is 0.681 bits per heavy atom. The summed E-state index contributed by atoms with van der Waals surface area (Å²) in [6.45, 7) is 14.0. The summed E-state index contributed by atoms with van der Waals surface area (Å²) in [5.41, 5.74) is 0. The Morgan fingerprint density at radius 1 is 0.275 bits per heavy atom. The number of ether oxygens (including phenoxy) is 4. The molecule has 0 saturated carbocycles. The molecule has 3 N–H and O–H groups in total. The largest absolute Gasteiger partial charge is 0.472 e. The molecule has 0 saturated heterocycles. The molecule has 17 nitrogen and oxygen atoms in total. The summed E-state index contributed by atoms with van der Waals surface area (Å²) < 4.78 is 68.2. The summed E-state index contributed by atoms with van der Waals surface area (Å²) in [5, 5.41) is 10.6. The standard InChI is InChI=1S/C72H140O17P2/c1-62(2)48-40-32-24-19-17-15-13-11-9-10-12-14-16-18-20-27-38-46-54-71(76)88-67(58-82-69(74)52-44-36-29-23-26-34-42-50-64(5)6)60-86-90(78,79)84-56-66(73)57-85-91(80,81)87-61-68(59-83-70(75)53-45-37-31-30-35-43-51-65(7)8)89-72(77)55-47-39-28-22-21-25-33-41-49-63(3)4/h62-68,73H,9-61H2,1-8H3,(H,78,79)(H,80,81)/t66?,67-,68-/m1/s1. The maximum atomic E-state index is 13.0. The number of carbonyl (C=O) groups is 4. The highest BCUT2D eigenvalue weighted by Crippen LogP contribution is 2.45. The van der Waals surface area contributed by atoms with E-state index in [1.54, 1.807) is 0 Å². The minimum absolute atomic E-state index is 0.103. The molecule has 0 spiro atoms. The van der Waals surface area contributed by atoms with Crippen molar-refractivity contribution in [1.82, 2.24) is 0 Å². The Morgan fingerprint density at radius 2 is 0.462 bits per heavy atom. The maximum Gasteiger partial charge on any atom is 0.472 e. The van der Waals surface area contributed by atoms with E-state index in [-0.39, 0.29) is 25.7 Å². The summed E-state index contributed by atoms with van der Waals surface area (Å²) in [7, 11) is -9.90. The van der Waals surface area contributed by atoms with Crippen LogP contribution in [0.3, 0.4) is 0 Å². The molecule has 0 rings (SSSR count). The second-order valence-electron chi connectivity index (χ2n) is 27.9. The van der Waals surface area contributed by atoms with Crippen molar-refractivity contribution in [3.8, 4) is 0 Å². The van der Waals surface area contributed by atoms with Gasteiger partial charge in [-0.1, -0.05) is 306 Å². The van der Waals surface area contributed by atoms with Gasteiger partial charge in [-0.05, 0) is 49.4 Å². The van der Waals surface area contributed by atoms with Crippen molar-refractivity contribution in [3.63, 3.8) is 0 Å². The zero-order valence-electron chi connectivity index (χ0n) is 59.5. The quantitative estimate of drug-likeness (QED) is 0.0222. The van der Waals surface area contributed by atoms with Crippen LogP contribution in [0.25, 0.3) is 0 Å². The first-order valence-corrected chi connectivity index (χ1v) is 40.2. The Labute approximate surface area is 556 Å². The smallest absolute Gasteiger partial charge is 0.462 e. The van der Waals surface area contributed by atoms with Gasteiger partial charge in [0.15, 0.2) is 12.2 Å². The molecular weight excluding hydrogens is 1200 g/mol. The van der Waals surface area contributed by atoms with Gasteiger partial charge in [0.2, 0.25) is 0 Å². The first kappa shape index (κ1) is 89.1. The number of esters is 4. The van der Waals surface area contributed by atoms with E-state index in [2.05, 4.69) is 55.4 Å². The topological polar surface area (TPSA) is 237 Å². The van der Waals surface area contributed by atoms with Crippen LogP contribution >= 0.6 is 15.6 Å². The van der Waals surface area contributed by atoms with Gasteiger partial charge in [0, 0.05) is 25.7 Å². The third-order valence-electron chi connectivity index (χ3n) is 16.6. The number of phosphoric ester groups is 2. The number of aliphatic hydroxyl groups is 1. The van der Waals surface area contributed by atoms with E-state index in [9.17, 15) is 43.2 Å². The summed E-state index contributed by atoms with van der Waals surface area (Å²) in [5.74, 6) is 0.791. The van der Waals surface area contributed by atoms with Gasteiger partial charge >= 0.3 is 39.5 Å². The molecule has 0 aromatic carbocycles. The van der Waals surface area contributed by atoms with Crippen LogP contribution in [0.1, 0.15) is 357 Å². The van der Waals surface area contributed by atoms with Gasteiger partial charge in [-0.3, -0.25) is 37.3 Å². The average molecular weight is 1340 g/mol. The van der Waals surface area contributed by atoms with E-state index in [4.69, 9.17) is 37.0 Å². The van der Waals surface area contributed by atoms with Crippen molar-refractivity contribution in [2.45, 2.75) is 375 Å². The predicted octanol–water partition coefficient (Wildman–Crippen LogP) is 20.5. The summed E-state index contributed by atoms with van der Waals surface area (Å²) >= 11 is 0. The van der Waals surface area contributed by atoms with E-state index >= 15 is 0 Å². The number of rotatable bonds is 69. The molecule has 3 unspecified atom stereocenters. The molecule has 0 aliphatic heterocycles. The van der Waals surface area contributed by atoms with E-state index in [1.807, 2.05) is 0 Å². The molecule has 0 aliphatic rings. The summed E-state index contributed by atoms with van der Waals surface area (Å²) in [6, 6.07) is 0. The van der Waals surface area contributed by atoms with Crippen LogP contribution in [-0.2, 0) is 65.4 Å². The van der Waals surface area contributed by atoms with Gasteiger partial charge in [-0.25, -0.2) is 9.13 Å². The molecule has 0 aliphatic carbocycles. The molecule has 540 valence electrons. The first-order valence-electron chi connectivity index (χ1n) is 37.2. The fourth-order valence-corrected chi connectivity index (χ4v) is 12.4. The molecular formula is C72H140O17P2. The van der Waals surface area contributed by atoms with Crippen LogP contribution in [0.15, 0.2) is 0 Å². The number of hydrogen-bond donors (Lipinski definition) is 3. The average Bonchev–Trinajstić information content (AvgIpc) is 2.62. The normalized spacial score (nSPS) is 14.2. The summed E-state index contributed by atoms with van der Waals surface area (Å²) in [6.07, 6.45) is 44.9. The van der Waals surface area contributed by atoms with Gasteiger partial charge in [-0.2, -0.15) is 0 Å². The maximum absolute atomic E-state index is 13.0.